The molecule has 5 aromatic rings. The van der Waals surface area contributed by atoms with E-state index in [1.54, 1.807) is 0 Å². The SMILES string of the molecule is O=S(=O)(O)c1cc(S(O)(O)O)ccc1Nc1cc2c(c3ccccc13)Nc1ccccc1N2c1ccccc1. The Morgan fingerprint density at radius 3 is 2.05 bits per heavy atom. The maximum absolute atomic E-state index is 12.3. The van der Waals surface area contributed by atoms with Crippen LogP contribution < -0.4 is 15.5 Å². The number of nitrogens with one attached hydrogen (secondary N) is 2. The van der Waals surface area contributed by atoms with Crippen molar-refractivity contribution in [3.63, 3.8) is 0 Å². The maximum atomic E-state index is 12.3. The van der Waals surface area contributed by atoms with Gasteiger partial charge in [-0.15, -0.1) is 0 Å². The van der Waals surface area contributed by atoms with E-state index in [0.717, 1.165) is 45.3 Å². The molecule has 1 aliphatic heterocycles. The second-order valence-electron chi connectivity index (χ2n) is 8.95. The molecule has 0 saturated carbocycles. The number of fused-ring (bicyclic) bond motifs is 4. The highest BCUT2D eigenvalue weighted by molar-refractivity contribution is 8.19. The molecule has 0 saturated heterocycles. The van der Waals surface area contributed by atoms with Crippen molar-refractivity contribution in [1.82, 2.24) is 0 Å². The van der Waals surface area contributed by atoms with E-state index in [-0.39, 0.29) is 5.69 Å². The number of para-hydroxylation sites is 3. The lowest BCUT2D eigenvalue weighted by atomic mass is 10.00. The first-order chi connectivity index (χ1) is 18.6. The van der Waals surface area contributed by atoms with Crippen molar-refractivity contribution in [1.29, 1.82) is 0 Å². The molecule has 1 heterocycles. The van der Waals surface area contributed by atoms with Gasteiger partial charge in [-0.2, -0.15) is 8.42 Å². The minimum absolute atomic E-state index is 0.00886. The molecule has 0 bridgehead atoms. The molecule has 0 amide bonds. The zero-order valence-corrected chi connectivity index (χ0v) is 21.8. The molecule has 39 heavy (non-hydrogen) atoms. The summed E-state index contributed by atoms with van der Waals surface area (Å²) < 4.78 is 63.3. The summed E-state index contributed by atoms with van der Waals surface area (Å²) in [5, 5.41) is 8.30. The van der Waals surface area contributed by atoms with Crippen molar-refractivity contribution in [2.75, 3.05) is 15.5 Å². The molecule has 0 spiro atoms. The van der Waals surface area contributed by atoms with Crippen molar-refractivity contribution in [3.05, 3.63) is 103 Å². The molecular weight excluding hydrogens is 538 g/mol. The van der Waals surface area contributed by atoms with Gasteiger partial charge in [-0.25, -0.2) is 0 Å². The van der Waals surface area contributed by atoms with Crippen molar-refractivity contribution in [2.45, 2.75) is 9.79 Å². The van der Waals surface area contributed by atoms with Crippen molar-refractivity contribution in [3.8, 4) is 0 Å². The molecular formula is C28H23N3O6S2. The van der Waals surface area contributed by atoms with Gasteiger partial charge >= 0.3 is 0 Å². The average Bonchev–Trinajstić information content (AvgIpc) is 2.91. The van der Waals surface area contributed by atoms with Gasteiger partial charge in [0.2, 0.25) is 0 Å². The Hall–Kier alpha value is -4.10. The Labute approximate surface area is 226 Å². The van der Waals surface area contributed by atoms with E-state index in [1.165, 1.54) is 12.1 Å². The Balaban J connectivity index is 1.58. The van der Waals surface area contributed by atoms with E-state index in [2.05, 4.69) is 15.5 Å². The molecule has 0 fully saturated rings. The molecule has 9 nitrogen and oxygen atoms in total. The van der Waals surface area contributed by atoms with E-state index in [0.29, 0.717) is 5.69 Å². The van der Waals surface area contributed by atoms with Gasteiger partial charge in [0.25, 0.3) is 10.1 Å². The number of nitrogens with zero attached hydrogens (tertiary/aromatic N) is 1. The summed E-state index contributed by atoms with van der Waals surface area (Å²) in [5.41, 5.74) is 4.96. The number of hydrogen-bond donors (Lipinski definition) is 6. The van der Waals surface area contributed by atoms with E-state index in [9.17, 15) is 26.6 Å². The summed E-state index contributed by atoms with van der Waals surface area (Å²) in [6, 6.07) is 30.5. The predicted octanol–water partition coefficient (Wildman–Crippen LogP) is 7.94. The molecule has 11 heteroatoms. The zero-order chi connectivity index (χ0) is 27.4. The zero-order valence-electron chi connectivity index (χ0n) is 20.2. The predicted molar refractivity (Wildman–Crippen MR) is 155 cm³/mol. The Morgan fingerprint density at radius 1 is 0.667 bits per heavy atom. The van der Waals surface area contributed by atoms with Gasteiger partial charge in [0.05, 0.1) is 33.3 Å². The molecule has 5 aromatic carbocycles. The highest BCUT2D eigenvalue weighted by atomic mass is 32.3. The van der Waals surface area contributed by atoms with E-state index >= 15 is 0 Å². The minimum atomic E-state index is -4.81. The Morgan fingerprint density at radius 2 is 1.33 bits per heavy atom. The lowest BCUT2D eigenvalue weighted by Crippen LogP contribution is -2.18. The Kier molecular flexibility index (Phi) is 5.99. The highest BCUT2D eigenvalue weighted by Crippen LogP contribution is 2.52. The summed E-state index contributed by atoms with van der Waals surface area (Å²) in [4.78, 5) is 1.05. The number of rotatable bonds is 5. The fourth-order valence-electron chi connectivity index (χ4n) is 4.80. The fourth-order valence-corrected chi connectivity index (χ4v) is 6.07. The molecule has 0 atom stereocenters. The quantitative estimate of drug-likeness (QED) is 0.116. The van der Waals surface area contributed by atoms with E-state index < -0.39 is 30.8 Å². The van der Waals surface area contributed by atoms with Gasteiger partial charge in [-0.1, -0.05) is 54.6 Å². The number of hydrogen-bond acceptors (Lipinski definition) is 8. The fraction of sp³-hybridized carbons (Fsp3) is 0. The van der Waals surface area contributed by atoms with Crippen molar-refractivity contribution in [2.24, 2.45) is 0 Å². The summed E-state index contributed by atoms with van der Waals surface area (Å²) >= 11 is 0. The number of anilines is 7. The highest BCUT2D eigenvalue weighted by Gasteiger charge is 2.28. The molecule has 0 radical (unpaired) electrons. The first-order valence-electron chi connectivity index (χ1n) is 11.8. The van der Waals surface area contributed by atoms with Crippen LogP contribution in [0.2, 0.25) is 0 Å². The van der Waals surface area contributed by atoms with Crippen LogP contribution in [-0.4, -0.2) is 26.6 Å². The van der Waals surface area contributed by atoms with Crippen LogP contribution in [0.1, 0.15) is 0 Å². The smallest absolute Gasteiger partial charge is 0.296 e. The van der Waals surface area contributed by atoms with Gasteiger partial charge in [-0.05, 0) is 48.5 Å². The van der Waals surface area contributed by atoms with Crippen LogP contribution >= 0.6 is 10.9 Å². The molecule has 6 N–H and O–H groups in total. The molecule has 0 aliphatic carbocycles. The van der Waals surface area contributed by atoms with Crippen molar-refractivity contribution >= 4 is 71.6 Å². The monoisotopic (exact) mass is 561 g/mol. The first kappa shape index (κ1) is 25.2. The molecule has 0 aromatic heterocycles. The second-order valence-corrected chi connectivity index (χ2v) is 11.9. The van der Waals surface area contributed by atoms with Gasteiger partial charge in [0, 0.05) is 22.1 Å². The van der Waals surface area contributed by atoms with E-state index in [1.807, 2.05) is 84.9 Å². The molecule has 0 unspecified atom stereocenters. The van der Waals surface area contributed by atoms with Crippen LogP contribution in [0.25, 0.3) is 10.8 Å². The maximum Gasteiger partial charge on any atom is 0.296 e. The van der Waals surface area contributed by atoms with Crippen LogP contribution in [0.4, 0.5) is 39.8 Å². The second kappa shape index (κ2) is 9.27. The van der Waals surface area contributed by atoms with Gasteiger partial charge in [-0.3, -0.25) is 4.55 Å². The normalized spacial score (nSPS) is 13.4. The van der Waals surface area contributed by atoms with Gasteiger partial charge < -0.3 is 29.2 Å². The van der Waals surface area contributed by atoms with Crippen molar-refractivity contribution < 1.29 is 26.6 Å². The third-order valence-electron chi connectivity index (χ3n) is 6.50. The lowest BCUT2D eigenvalue weighted by molar-refractivity contribution is 0.376. The third kappa shape index (κ3) is 4.57. The summed E-state index contributed by atoms with van der Waals surface area (Å²) in [6.07, 6.45) is 0. The summed E-state index contributed by atoms with van der Waals surface area (Å²) in [5.74, 6) is 0. The summed E-state index contributed by atoms with van der Waals surface area (Å²) in [7, 11) is -9.01. The molecule has 1 aliphatic rings. The third-order valence-corrected chi connectivity index (χ3v) is 8.28. The standard InChI is InChI=1S/C28H23N3O6S2/c32-38(33,34)19-14-15-23(27(16-19)39(35,36)37)29-24-17-26-28(21-11-5-4-10-20(21)24)30-22-12-6-7-13-25(22)31(26)18-8-2-1-3-9-18/h1-17,29-30,32-34H,(H,35,36,37). The topological polar surface area (TPSA) is 142 Å². The molecule has 6 rings (SSSR count). The van der Waals surface area contributed by atoms with Crippen LogP contribution in [0.5, 0.6) is 0 Å². The van der Waals surface area contributed by atoms with Gasteiger partial charge in [0.15, 0.2) is 0 Å². The van der Waals surface area contributed by atoms with Crippen LogP contribution in [0.15, 0.2) is 113 Å². The van der Waals surface area contributed by atoms with Gasteiger partial charge in [0.1, 0.15) is 15.8 Å². The van der Waals surface area contributed by atoms with Crippen LogP contribution in [0, 0.1) is 0 Å². The Bertz CT molecular complexity index is 1840. The summed E-state index contributed by atoms with van der Waals surface area (Å²) in [6.45, 7) is 0. The minimum Gasteiger partial charge on any atom is -0.354 e. The van der Waals surface area contributed by atoms with E-state index in [4.69, 9.17) is 0 Å². The molecule has 198 valence electrons. The number of benzene rings is 5. The van der Waals surface area contributed by atoms with Crippen LogP contribution in [-0.2, 0) is 10.1 Å². The van der Waals surface area contributed by atoms with Crippen LogP contribution in [0.3, 0.4) is 0 Å². The lowest BCUT2D eigenvalue weighted by Gasteiger charge is -2.35. The largest absolute Gasteiger partial charge is 0.354 e. The average molecular weight is 562 g/mol. The first-order valence-corrected chi connectivity index (χ1v) is 14.7.